The summed E-state index contributed by atoms with van der Waals surface area (Å²) in [7, 11) is 0. The molecule has 1 aromatic carbocycles. The molecule has 0 saturated heterocycles. The summed E-state index contributed by atoms with van der Waals surface area (Å²) in [5.74, 6) is 0. The van der Waals surface area contributed by atoms with E-state index in [4.69, 9.17) is 0 Å². The van der Waals surface area contributed by atoms with Crippen molar-refractivity contribution in [3.63, 3.8) is 0 Å². The van der Waals surface area contributed by atoms with Gasteiger partial charge in [-0.15, -0.1) is 11.3 Å². The average Bonchev–Trinajstić information content (AvgIpc) is 2.78. The fourth-order valence-electron chi connectivity index (χ4n) is 1.44. The summed E-state index contributed by atoms with van der Waals surface area (Å²) in [5, 5.41) is 13.7. The largest absolute Gasteiger partial charge is 0.273 e. The lowest BCUT2D eigenvalue weighted by Gasteiger charge is -1.99. The Hall–Kier alpha value is -1.02. The first-order valence-corrected chi connectivity index (χ1v) is 7.28. The van der Waals surface area contributed by atoms with Gasteiger partial charge in [0.05, 0.1) is 10.6 Å². The number of nitrogens with zero attached hydrogens (tertiary/aromatic N) is 2. The second-order valence-electron chi connectivity index (χ2n) is 3.54. The molecule has 0 unspecified atom stereocenters. The van der Waals surface area contributed by atoms with Crippen molar-refractivity contribution < 1.29 is 4.92 Å². The fourth-order valence-corrected chi connectivity index (χ4v) is 2.95. The van der Waals surface area contributed by atoms with Gasteiger partial charge in [-0.2, -0.15) is 0 Å². The maximum atomic E-state index is 10.9. The highest BCUT2D eigenvalue weighted by atomic mass is 127. The Bertz CT molecular complexity index is 568. The number of benzene rings is 1. The fraction of sp³-hybridized carbons (Fsp3) is 0.182. The van der Waals surface area contributed by atoms with E-state index in [1.165, 1.54) is 11.3 Å². The van der Waals surface area contributed by atoms with Crippen LogP contribution in [-0.2, 0) is 4.43 Å². The topological polar surface area (TPSA) is 56.0 Å². The normalized spacial score (nSPS) is 10.5. The molecule has 88 valence electrons. The third kappa shape index (κ3) is 2.63. The Kier molecular flexibility index (Phi) is 3.72. The minimum atomic E-state index is -0.355. The van der Waals surface area contributed by atoms with Crippen LogP contribution in [0.5, 0.6) is 0 Å². The lowest BCUT2D eigenvalue weighted by Crippen LogP contribution is -1.92. The number of nitro groups is 1. The number of hydrogen-bond donors (Lipinski definition) is 0. The molecule has 0 aliphatic rings. The van der Waals surface area contributed by atoms with E-state index < -0.39 is 0 Å². The highest BCUT2D eigenvalue weighted by Crippen LogP contribution is 2.29. The van der Waals surface area contributed by atoms with E-state index in [2.05, 4.69) is 27.6 Å². The van der Waals surface area contributed by atoms with Crippen molar-refractivity contribution in [1.82, 2.24) is 4.98 Å². The maximum absolute atomic E-state index is 10.9. The molecule has 0 saturated carbocycles. The molecule has 0 fully saturated rings. The van der Waals surface area contributed by atoms with Gasteiger partial charge in [-0.25, -0.2) is 4.98 Å². The summed E-state index contributed by atoms with van der Waals surface area (Å²) in [6.45, 7) is 1.74. The maximum Gasteiger partial charge on any atom is 0.273 e. The van der Waals surface area contributed by atoms with Gasteiger partial charge in [-0.05, 0) is 6.92 Å². The van der Waals surface area contributed by atoms with Crippen LogP contribution in [0.3, 0.4) is 0 Å². The smallest absolute Gasteiger partial charge is 0.258 e. The summed E-state index contributed by atoms with van der Waals surface area (Å²) in [4.78, 5) is 14.9. The molecule has 2 aromatic rings. The summed E-state index contributed by atoms with van der Waals surface area (Å²) < 4.78 is 0.849. The second-order valence-corrected chi connectivity index (χ2v) is 5.16. The number of nitro benzene ring substituents is 1. The quantitative estimate of drug-likeness (QED) is 0.360. The minimum Gasteiger partial charge on any atom is -0.258 e. The Balaban J connectivity index is 2.46. The van der Waals surface area contributed by atoms with E-state index in [9.17, 15) is 10.1 Å². The SMILES string of the molecule is Cc1ccc(-c2nc(CI)cs2)cc1[N+](=O)[O-]. The van der Waals surface area contributed by atoms with Gasteiger partial charge >= 0.3 is 0 Å². The Morgan fingerprint density at radius 1 is 1.53 bits per heavy atom. The minimum absolute atomic E-state index is 0.147. The molecule has 0 aliphatic carbocycles. The molecule has 0 bridgehead atoms. The van der Waals surface area contributed by atoms with Crippen LogP contribution in [0.15, 0.2) is 23.6 Å². The van der Waals surface area contributed by atoms with Gasteiger partial charge in [0.1, 0.15) is 5.01 Å². The van der Waals surface area contributed by atoms with Gasteiger partial charge in [0.2, 0.25) is 0 Å². The molecule has 17 heavy (non-hydrogen) atoms. The van der Waals surface area contributed by atoms with E-state index in [0.717, 1.165) is 20.7 Å². The van der Waals surface area contributed by atoms with E-state index >= 15 is 0 Å². The molecule has 0 N–H and O–H groups in total. The third-order valence-electron chi connectivity index (χ3n) is 2.34. The Morgan fingerprint density at radius 3 is 2.88 bits per heavy atom. The van der Waals surface area contributed by atoms with Gasteiger partial charge in [0.25, 0.3) is 5.69 Å². The van der Waals surface area contributed by atoms with E-state index in [0.29, 0.717) is 5.56 Å². The predicted molar refractivity (Wildman–Crippen MR) is 76.7 cm³/mol. The molecule has 6 heteroatoms. The molecule has 0 aliphatic heterocycles. The number of aryl methyl sites for hydroxylation is 1. The van der Waals surface area contributed by atoms with Crippen molar-refractivity contribution >= 4 is 39.6 Å². The first-order valence-electron chi connectivity index (χ1n) is 4.87. The molecule has 1 aromatic heterocycles. The predicted octanol–water partition coefficient (Wildman–Crippen LogP) is 3.96. The van der Waals surface area contributed by atoms with Crippen molar-refractivity contribution in [3.8, 4) is 10.6 Å². The first-order chi connectivity index (χ1) is 8.11. The summed E-state index contributed by atoms with van der Waals surface area (Å²) in [6.07, 6.45) is 0. The zero-order valence-corrected chi connectivity index (χ0v) is 12.0. The van der Waals surface area contributed by atoms with Crippen molar-refractivity contribution in [2.24, 2.45) is 0 Å². The van der Waals surface area contributed by atoms with Gasteiger partial charge in [0.15, 0.2) is 0 Å². The summed E-state index contributed by atoms with van der Waals surface area (Å²) in [5.41, 5.74) is 2.63. The van der Waals surface area contributed by atoms with Crippen LogP contribution >= 0.6 is 33.9 Å². The van der Waals surface area contributed by atoms with Crippen molar-refractivity contribution in [2.75, 3.05) is 0 Å². The lowest BCUT2D eigenvalue weighted by molar-refractivity contribution is -0.385. The lowest BCUT2D eigenvalue weighted by atomic mass is 10.1. The molecule has 1 heterocycles. The van der Waals surface area contributed by atoms with Crippen LogP contribution in [0, 0.1) is 17.0 Å². The molecule has 0 amide bonds. The molecule has 0 atom stereocenters. The third-order valence-corrected chi connectivity index (χ3v) is 4.06. The standard InChI is InChI=1S/C11H9IN2O2S/c1-7-2-3-8(4-10(7)14(15)16)11-13-9(5-12)6-17-11/h2-4,6H,5H2,1H3. The molecule has 0 spiro atoms. The van der Waals surface area contributed by atoms with Gasteiger partial charge in [-0.1, -0.05) is 34.7 Å². The van der Waals surface area contributed by atoms with Crippen LogP contribution in [0.4, 0.5) is 5.69 Å². The van der Waals surface area contributed by atoms with Crippen LogP contribution < -0.4 is 0 Å². The van der Waals surface area contributed by atoms with Crippen LogP contribution in [0.25, 0.3) is 10.6 Å². The van der Waals surface area contributed by atoms with E-state index in [1.807, 2.05) is 11.4 Å². The molecule has 4 nitrogen and oxygen atoms in total. The van der Waals surface area contributed by atoms with Crippen molar-refractivity contribution in [1.29, 1.82) is 0 Å². The summed E-state index contributed by atoms with van der Waals surface area (Å²) >= 11 is 3.76. The Morgan fingerprint density at radius 2 is 2.29 bits per heavy atom. The zero-order valence-electron chi connectivity index (χ0n) is 9.01. The molecular weight excluding hydrogens is 351 g/mol. The van der Waals surface area contributed by atoms with Crippen molar-refractivity contribution in [3.05, 3.63) is 45.0 Å². The number of aromatic nitrogens is 1. The highest BCUT2D eigenvalue weighted by molar-refractivity contribution is 14.1. The number of hydrogen-bond acceptors (Lipinski definition) is 4. The van der Waals surface area contributed by atoms with Crippen molar-refractivity contribution in [2.45, 2.75) is 11.4 Å². The Labute approximate surface area is 116 Å². The van der Waals surface area contributed by atoms with Crippen LogP contribution in [-0.4, -0.2) is 9.91 Å². The number of alkyl halides is 1. The van der Waals surface area contributed by atoms with E-state index in [-0.39, 0.29) is 10.6 Å². The van der Waals surface area contributed by atoms with Gasteiger partial charge in [-0.3, -0.25) is 10.1 Å². The van der Waals surface area contributed by atoms with Crippen LogP contribution in [0.1, 0.15) is 11.3 Å². The van der Waals surface area contributed by atoms with E-state index in [1.54, 1.807) is 19.1 Å². The summed E-state index contributed by atoms with van der Waals surface area (Å²) in [6, 6.07) is 5.22. The van der Waals surface area contributed by atoms with Gasteiger partial charge in [0, 0.05) is 27.0 Å². The monoisotopic (exact) mass is 360 g/mol. The molecule has 0 radical (unpaired) electrons. The molecular formula is C11H9IN2O2S. The second kappa shape index (κ2) is 5.09. The highest BCUT2D eigenvalue weighted by Gasteiger charge is 2.13. The number of halogens is 1. The number of thiazole rings is 1. The van der Waals surface area contributed by atoms with Gasteiger partial charge < -0.3 is 0 Å². The molecule has 2 rings (SSSR count). The zero-order chi connectivity index (χ0) is 12.4. The average molecular weight is 360 g/mol. The first kappa shape index (κ1) is 12.4. The number of rotatable bonds is 3. The van der Waals surface area contributed by atoms with Crippen LogP contribution in [0.2, 0.25) is 0 Å².